The number of rotatable bonds is 6. The van der Waals surface area contributed by atoms with Crippen molar-refractivity contribution in [3.05, 3.63) is 29.8 Å². The molecular weight excluding hydrogens is 304 g/mol. The minimum Gasteiger partial charge on any atom is -0.368 e. The molecule has 1 aliphatic rings. The van der Waals surface area contributed by atoms with Gasteiger partial charge < -0.3 is 20.0 Å². The van der Waals surface area contributed by atoms with Gasteiger partial charge in [-0.2, -0.15) is 0 Å². The number of amides is 2. The van der Waals surface area contributed by atoms with E-state index in [0.29, 0.717) is 19.6 Å². The van der Waals surface area contributed by atoms with E-state index in [4.69, 9.17) is 0 Å². The van der Waals surface area contributed by atoms with Gasteiger partial charge in [-0.1, -0.05) is 12.1 Å². The first-order chi connectivity index (χ1) is 11.5. The van der Waals surface area contributed by atoms with E-state index in [9.17, 15) is 9.59 Å². The number of ketones is 1. The van der Waals surface area contributed by atoms with Crippen LogP contribution >= 0.6 is 0 Å². The van der Waals surface area contributed by atoms with Gasteiger partial charge in [-0.15, -0.1) is 0 Å². The number of nitrogens with zero attached hydrogens (tertiary/aromatic N) is 3. The first kappa shape index (κ1) is 18.3. The van der Waals surface area contributed by atoms with Crippen LogP contribution in [0.25, 0.3) is 0 Å². The molecule has 0 radical (unpaired) electrons. The summed E-state index contributed by atoms with van der Waals surface area (Å²) in [5.74, 6) is 0.0765. The Bertz CT molecular complexity index is 566. The van der Waals surface area contributed by atoms with Gasteiger partial charge in [0.2, 0.25) is 0 Å². The molecule has 1 aliphatic heterocycles. The first-order valence-corrected chi connectivity index (χ1v) is 8.51. The van der Waals surface area contributed by atoms with Crippen molar-refractivity contribution in [2.24, 2.45) is 0 Å². The summed E-state index contributed by atoms with van der Waals surface area (Å²) in [5.41, 5.74) is 1.78. The van der Waals surface area contributed by atoms with Crippen LogP contribution in [0.4, 0.5) is 10.5 Å². The maximum absolute atomic E-state index is 12.2. The van der Waals surface area contributed by atoms with Crippen LogP contribution in [-0.2, 0) is 0 Å². The molecule has 0 spiro atoms. The molecule has 0 unspecified atom stereocenters. The third-order valence-corrected chi connectivity index (χ3v) is 4.24. The molecule has 1 saturated heterocycles. The predicted octanol–water partition coefficient (Wildman–Crippen LogP) is 1.67. The van der Waals surface area contributed by atoms with E-state index in [1.807, 2.05) is 43.3 Å². The maximum Gasteiger partial charge on any atom is 0.317 e. The van der Waals surface area contributed by atoms with Gasteiger partial charge in [0.15, 0.2) is 5.78 Å². The summed E-state index contributed by atoms with van der Waals surface area (Å²) in [7, 11) is 4.06. The third-order valence-electron chi connectivity index (χ3n) is 4.24. The highest BCUT2D eigenvalue weighted by atomic mass is 16.2. The lowest BCUT2D eigenvalue weighted by atomic mass is 10.1. The molecule has 6 heteroatoms. The molecule has 1 N–H and O–H groups in total. The van der Waals surface area contributed by atoms with Crippen molar-refractivity contribution < 1.29 is 9.59 Å². The SMILES string of the molecule is CC(=O)c1cccc(N2CCN(C(=O)NCCCN(C)C)CC2)c1. The second-order valence-corrected chi connectivity index (χ2v) is 6.47. The molecule has 24 heavy (non-hydrogen) atoms. The van der Waals surface area contributed by atoms with Gasteiger partial charge in [0.25, 0.3) is 0 Å². The Labute approximate surface area is 144 Å². The van der Waals surface area contributed by atoms with Crippen molar-refractivity contribution in [1.29, 1.82) is 0 Å². The average Bonchev–Trinajstić information content (AvgIpc) is 2.58. The highest BCUT2D eigenvalue weighted by molar-refractivity contribution is 5.95. The summed E-state index contributed by atoms with van der Waals surface area (Å²) in [6, 6.07) is 7.72. The van der Waals surface area contributed by atoms with Crippen molar-refractivity contribution in [2.75, 3.05) is 58.3 Å². The molecule has 1 fully saturated rings. The monoisotopic (exact) mass is 332 g/mol. The minimum atomic E-state index is 0.0193. The van der Waals surface area contributed by atoms with Crippen molar-refractivity contribution in [3.63, 3.8) is 0 Å². The number of hydrogen-bond acceptors (Lipinski definition) is 4. The zero-order chi connectivity index (χ0) is 17.5. The highest BCUT2D eigenvalue weighted by Gasteiger charge is 2.21. The van der Waals surface area contributed by atoms with E-state index in [2.05, 4.69) is 15.1 Å². The Hall–Kier alpha value is -2.08. The highest BCUT2D eigenvalue weighted by Crippen LogP contribution is 2.18. The van der Waals surface area contributed by atoms with Crippen LogP contribution in [0.2, 0.25) is 0 Å². The summed E-state index contributed by atoms with van der Waals surface area (Å²) in [6.07, 6.45) is 0.955. The third kappa shape index (κ3) is 5.23. The van der Waals surface area contributed by atoms with Crippen molar-refractivity contribution in [3.8, 4) is 0 Å². The van der Waals surface area contributed by atoms with Crippen LogP contribution in [0.1, 0.15) is 23.7 Å². The number of anilines is 1. The summed E-state index contributed by atoms with van der Waals surface area (Å²) < 4.78 is 0. The van der Waals surface area contributed by atoms with E-state index >= 15 is 0 Å². The van der Waals surface area contributed by atoms with Gasteiger partial charge in [-0.05, 0) is 46.1 Å². The van der Waals surface area contributed by atoms with Gasteiger partial charge in [-0.3, -0.25) is 4.79 Å². The van der Waals surface area contributed by atoms with E-state index in [-0.39, 0.29) is 11.8 Å². The summed E-state index contributed by atoms with van der Waals surface area (Å²) in [5, 5.41) is 2.98. The number of piperazine rings is 1. The average molecular weight is 332 g/mol. The molecule has 0 saturated carbocycles. The Morgan fingerprint density at radius 3 is 2.50 bits per heavy atom. The second kappa shape index (κ2) is 8.68. The zero-order valence-corrected chi connectivity index (χ0v) is 14.9. The van der Waals surface area contributed by atoms with Crippen molar-refractivity contribution in [1.82, 2.24) is 15.1 Å². The van der Waals surface area contributed by atoms with Crippen molar-refractivity contribution >= 4 is 17.5 Å². The van der Waals surface area contributed by atoms with E-state index in [0.717, 1.165) is 37.3 Å². The molecule has 0 aliphatic carbocycles. The lowest BCUT2D eigenvalue weighted by molar-refractivity contribution is 0.101. The van der Waals surface area contributed by atoms with E-state index in [1.165, 1.54) is 0 Å². The topological polar surface area (TPSA) is 55.9 Å². The van der Waals surface area contributed by atoms with Crippen LogP contribution in [0, 0.1) is 0 Å². The predicted molar refractivity (Wildman–Crippen MR) is 96.8 cm³/mol. The van der Waals surface area contributed by atoms with Crippen LogP contribution in [0.15, 0.2) is 24.3 Å². The Kier molecular flexibility index (Phi) is 6.61. The fraction of sp³-hybridized carbons (Fsp3) is 0.556. The Balaban J connectivity index is 1.79. The normalized spacial score (nSPS) is 14.8. The second-order valence-electron chi connectivity index (χ2n) is 6.47. The maximum atomic E-state index is 12.2. The van der Waals surface area contributed by atoms with Crippen LogP contribution in [-0.4, -0.2) is 75.0 Å². The standard InChI is InChI=1S/C18H28N4O2/c1-15(23)16-6-4-7-17(14-16)21-10-12-22(13-11-21)18(24)19-8-5-9-20(2)3/h4,6-7,14H,5,8-13H2,1-3H3,(H,19,24). The molecule has 2 amide bonds. The molecule has 0 aromatic heterocycles. The molecule has 2 rings (SSSR count). The Morgan fingerprint density at radius 2 is 1.88 bits per heavy atom. The molecule has 1 aromatic rings. The number of hydrogen-bond donors (Lipinski definition) is 1. The number of nitrogens with one attached hydrogen (secondary N) is 1. The number of benzene rings is 1. The number of carbonyl (C=O) groups is 2. The summed E-state index contributed by atoms with van der Waals surface area (Å²) >= 11 is 0. The summed E-state index contributed by atoms with van der Waals surface area (Å²) in [6.45, 7) is 6.22. The Morgan fingerprint density at radius 1 is 1.17 bits per heavy atom. The molecule has 1 aromatic carbocycles. The van der Waals surface area contributed by atoms with Gasteiger partial charge in [0.1, 0.15) is 0 Å². The van der Waals surface area contributed by atoms with Crippen LogP contribution in [0.3, 0.4) is 0 Å². The summed E-state index contributed by atoms with van der Waals surface area (Å²) in [4.78, 5) is 29.9. The quantitative estimate of drug-likeness (QED) is 0.636. The lowest BCUT2D eigenvalue weighted by Gasteiger charge is -2.36. The number of Topliss-reactive ketones (excluding diaryl/α,β-unsaturated/α-hetero) is 1. The fourth-order valence-electron chi connectivity index (χ4n) is 2.79. The molecule has 1 heterocycles. The van der Waals surface area contributed by atoms with Crippen LogP contribution < -0.4 is 10.2 Å². The first-order valence-electron chi connectivity index (χ1n) is 8.51. The molecule has 0 bridgehead atoms. The lowest BCUT2D eigenvalue weighted by Crippen LogP contribution is -2.52. The fourth-order valence-corrected chi connectivity index (χ4v) is 2.79. The van der Waals surface area contributed by atoms with Gasteiger partial charge in [-0.25, -0.2) is 4.79 Å². The van der Waals surface area contributed by atoms with Crippen molar-refractivity contribution in [2.45, 2.75) is 13.3 Å². The molecule has 0 atom stereocenters. The zero-order valence-electron chi connectivity index (χ0n) is 14.9. The van der Waals surface area contributed by atoms with Gasteiger partial charge in [0.05, 0.1) is 0 Å². The van der Waals surface area contributed by atoms with Gasteiger partial charge >= 0.3 is 6.03 Å². The molecule has 132 valence electrons. The molecular formula is C18H28N4O2. The molecule has 6 nitrogen and oxygen atoms in total. The van der Waals surface area contributed by atoms with E-state index < -0.39 is 0 Å². The van der Waals surface area contributed by atoms with Gasteiger partial charge in [0, 0.05) is 44.0 Å². The smallest absolute Gasteiger partial charge is 0.317 e. The number of carbonyl (C=O) groups excluding carboxylic acids is 2. The van der Waals surface area contributed by atoms with E-state index in [1.54, 1.807) is 6.92 Å². The minimum absolute atomic E-state index is 0.0193. The largest absolute Gasteiger partial charge is 0.368 e. The number of urea groups is 1. The van der Waals surface area contributed by atoms with Crippen LogP contribution in [0.5, 0.6) is 0 Å².